The van der Waals surface area contributed by atoms with Crippen LogP contribution in [-0.2, 0) is 23.3 Å². The number of ether oxygens (including phenoxy) is 3. The molecule has 2 amide bonds. The Balaban J connectivity index is 1.35. The lowest BCUT2D eigenvalue weighted by Crippen LogP contribution is -2.53. The highest BCUT2D eigenvalue weighted by Crippen LogP contribution is 2.50. The minimum absolute atomic E-state index is 0.102. The average molecular weight is 571 g/mol. The highest BCUT2D eigenvalue weighted by molar-refractivity contribution is 5.89. The van der Waals surface area contributed by atoms with Crippen molar-refractivity contribution in [1.29, 1.82) is 0 Å². The fraction of sp³-hybridized carbons (Fsp3) is 0.483. The van der Waals surface area contributed by atoms with E-state index in [-0.39, 0.29) is 23.2 Å². The number of likely N-dealkylation sites (tertiary alicyclic amines) is 1. The molecule has 1 aliphatic carbocycles. The number of hydrogen-bond donors (Lipinski definition) is 2. The van der Waals surface area contributed by atoms with Crippen molar-refractivity contribution in [2.24, 2.45) is 0 Å². The number of anilines is 1. The van der Waals surface area contributed by atoms with Gasteiger partial charge in [-0.15, -0.1) is 5.10 Å². The summed E-state index contributed by atoms with van der Waals surface area (Å²) < 4.78 is 45.2. The predicted octanol–water partition coefficient (Wildman–Crippen LogP) is 4.11. The highest BCUT2D eigenvalue weighted by atomic mass is 19.2. The zero-order valence-corrected chi connectivity index (χ0v) is 23.5. The van der Waals surface area contributed by atoms with Crippen LogP contribution >= 0.6 is 0 Å². The number of aromatic nitrogens is 3. The molecule has 2 fully saturated rings. The van der Waals surface area contributed by atoms with E-state index in [0.717, 1.165) is 56.6 Å². The molecule has 2 heterocycles. The van der Waals surface area contributed by atoms with E-state index < -0.39 is 17.7 Å². The summed E-state index contributed by atoms with van der Waals surface area (Å²) in [5, 5.41) is 14.0. The van der Waals surface area contributed by atoms with Crippen molar-refractivity contribution in [2.75, 3.05) is 39.7 Å². The first-order chi connectivity index (χ1) is 19.9. The Bertz CT molecular complexity index is 1370. The minimum Gasteiger partial charge on any atom is -0.493 e. The molecule has 3 unspecified atom stereocenters. The fourth-order valence-corrected chi connectivity index (χ4v) is 6.40. The summed E-state index contributed by atoms with van der Waals surface area (Å²) in [6.07, 6.45) is 5.03. The van der Waals surface area contributed by atoms with Crippen LogP contribution in [0.5, 0.6) is 11.5 Å². The van der Waals surface area contributed by atoms with E-state index in [4.69, 9.17) is 14.2 Å². The summed E-state index contributed by atoms with van der Waals surface area (Å²) in [5.74, 6) is -0.603. The smallest absolute Gasteiger partial charge is 0.319 e. The second-order valence-electron chi connectivity index (χ2n) is 10.6. The summed E-state index contributed by atoms with van der Waals surface area (Å²) in [7, 11) is 4.91. The molecule has 2 aliphatic rings. The lowest BCUT2D eigenvalue weighted by molar-refractivity contribution is 0.129. The van der Waals surface area contributed by atoms with Gasteiger partial charge in [0.15, 0.2) is 23.1 Å². The number of methoxy groups -OCH3 is 3. The minimum atomic E-state index is -1.01. The van der Waals surface area contributed by atoms with E-state index in [1.807, 2.05) is 10.7 Å². The Hall–Kier alpha value is -3.77. The van der Waals surface area contributed by atoms with Gasteiger partial charge in [-0.2, -0.15) is 0 Å². The average Bonchev–Trinajstić information content (AvgIpc) is 3.58. The molecule has 0 radical (unpaired) electrons. The lowest BCUT2D eigenvalue weighted by atomic mass is 9.65. The SMILES string of the molecule is COCc1cnnn1CCN1CCC2(c3ccc(OC)c(OC)c3)CCC(NC(=O)Nc3ccc(F)c(F)c3)CC12. The van der Waals surface area contributed by atoms with Gasteiger partial charge in [-0.05, 0) is 62.1 Å². The van der Waals surface area contributed by atoms with E-state index in [0.29, 0.717) is 24.7 Å². The Kier molecular flexibility index (Phi) is 8.69. The first-order valence-corrected chi connectivity index (χ1v) is 13.7. The number of rotatable bonds is 10. The number of carbonyl (C=O) groups is 1. The van der Waals surface area contributed by atoms with Gasteiger partial charge in [-0.25, -0.2) is 18.3 Å². The molecule has 3 aromatic rings. The third-order valence-electron chi connectivity index (χ3n) is 8.43. The molecule has 10 nitrogen and oxygen atoms in total. The quantitative estimate of drug-likeness (QED) is 0.378. The van der Waals surface area contributed by atoms with Gasteiger partial charge >= 0.3 is 6.03 Å². The van der Waals surface area contributed by atoms with Crippen LogP contribution < -0.4 is 20.1 Å². The summed E-state index contributed by atoms with van der Waals surface area (Å²) in [4.78, 5) is 15.3. The van der Waals surface area contributed by atoms with E-state index >= 15 is 0 Å². The molecular weight excluding hydrogens is 534 g/mol. The van der Waals surface area contributed by atoms with Crippen molar-refractivity contribution in [2.45, 2.75) is 56.3 Å². The molecule has 5 rings (SSSR count). The van der Waals surface area contributed by atoms with Crippen LogP contribution in [0.2, 0.25) is 0 Å². The largest absolute Gasteiger partial charge is 0.493 e. The van der Waals surface area contributed by atoms with Gasteiger partial charge in [0, 0.05) is 42.9 Å². The molecule has 2 N–H and O–H groups in total. The van der Waals surface area contributed by atoms with Crippen molar-refractivity contribution < 1.29 is 27.8 Å². The Morgan fingerprint density at radius 3 is 2.63 bits per heavy atom. The first-order valence-electron chi connectivity index (χ1n) is 13.7. The monoisotopic (exact) mass is 570 g/mol. The normalized spacial score (nSPS) is 22.3. The molecule has 41 heavy (non-hydrogen) atoms. The summed E-state index contributed by atoms with van der Waals surface area (Å²) in [5.41, 5.74) is 2.16. The van der Waals surface area contributed by atoms with Crippen LogP contribution in [0.25, 0.3) is 0 Å². The second kappa shape index (κ2) is 12.4. The van der Waals surface area contributed by atoms with Gasteiger partial charge in [-0.3, -0.25) is 4.90 Å². The van der Waals surface area contributed by atoms with Gasteiger partial charge in [0.05, 0.1) is 39.3 Å². The predicted molar refractivity (Wildman–Crippen MR) is 148 cm³/mol. The summed E-state index contributed by atoms with van der Waals surface area (Å²) >= 11 is 0. The zero-order valence-electron chi connectivity index (χ0n) is 23.5. The van der Waals surface area contributed by atoms with Crippen LogP contribution in [0.15, 0.2) is 42.6 Å². The number of nitrogens with zero attached hydrogens (tertiary/aromatic N) is 4. The van der Waals surface area contributed by atoms with Crippen LogP contribution in [-0.4, -0.2) is 72.4 Å². The first kappa shape index (κ1) is 28.7. The Labute approximate surface area is 237 Å². The van der Waals surface area contributed by atoms with Crippen LogP contribution in [0.1, 0.15) is 36.9 Å². The zero-order chi connectivity index (χ0) is 29.0. The third kappa shape index (κ3) is 5.98. The maximum absolute atomic E-state index is 13.6. The molecule has 2 aromatic carbocycles. The highest BCUT2D eigenvalue weighted by Gasteiger charge is 2.51. The van der Waals surface area contributed by atoms with E-state index in [1.165, 1.54) is 11.6 Å². The Morgan fingerprint density at radius 2 is 1.88 bits per heavy atom. The number of fused-ring (bicyclic) bond motifs is 1. The number of nitrogens with one attached hydrogen (secondary N) is 2. The molecule has 1 aromatic heterocycles. The molecule has 1 aliphatic heterocycles. The van der Waals surface area contributed by atoms with Gasteiger partial charge in [-0.1, -0.05) is 11.3 Å². The molecule has 12 heteroatoms. The molecule has 220 valence electrons. The van der Waals surface area contributed by atoms with Gasteiger partial charge < -0.3 is 24.8 Å². The van der Waals surface area contributed by atoms with Crippen molar-refractivity contribution in [3.8, 4) is 11.5 Å². The van der Waals surface area contributed by atoms with Gasteiger partial charge in [0.2, 0.25) is 0 Å². The second-order valence-corrected chi connectivity index (χ2v) is 10.6. The van der Waals surface area contributed by atoms with E-state index in [9.17, 15) is 13.6 Å². The van der Waals surface area contributed by atoms with Crippen LogP contribution in [0, 0.1) is 11.6 Å². The molecular formula is C29H36F2N6O4. The Morgan fingerprint density at radius 1 is 1.05 bits per heavy atom. The van der Waals surface area contributed by atoms with Crippen molar-refractivity contribution in [3.63, 3.8) is 0 Å². The summed E-state index contributed by atoms with van der Waals surface area (Å²) in [6, 6.07) is 9.03. The maximum atomic E-state index is 13.6. The summed E-state index contributed by atoms with van der Waals surface area (Å²) in [6.45, 7) is 2.74. The van der Waals surface area contributed by atoms with Crippen molar-refractivity contribution >= 4 is 11.7 Å². The fourth-order valence-electron chi connectivity index (χ4n) is 6.40. The number of urea groups is 1. The topological polar surface area (TPSA) is 103 Å². The molecule has 1 saturated heterocycles. The van der Waals surface area contributed by atoms with Crippen molar-refractivity contribution in [3.05, 3.63) is 65.5 Å². The van der Waals surface area contributed by atoms with Crippen molar-refractivity contribution in [1.82, 2.24) is 25.2 Å². The number of carbonyl (C=O) groups excluding carboxylic acids is 1. The molecule has 0 spiro atoms. The molecule has 1 saturated carbocycles. The van der Waals surface area contributed by atoms with Crippen LogP contribution in [0.3, 0.4) is 0 Å². The standard InChI is InChI=1S/C29H36F2N6O4/c1-39-18-22-17-32-35-37(22)13-12-36-11-10-29(19-4-7-25(40-2)26(14-19)41-3)9-8-21(16-27(29)36)34-28(38)33-20-5-6-23(30)24(31)15-20/h4-7,14-15,17,21,27H,8-13,16,18H2,1-3H3,(H2,33,34,38). The number of halogens is 2. The third-order valence-corrected chi connectivity index (χ3v) is 8.43. The molecule has 0 bridgehead atoms. The van der Waals surface area contributed by atoms with Gasteiger partial charge in [0.25, 0.3) is 0 Å². The lowest BCUT2D eigenvalue weighted by Gasteiger charge is -2.45. The van der Waals surface area contributed by atoms with Gasteiger partial charge in [0.1, 0.15) is 0 Å². The number of hydrogen-bond acceptors (Lipinski definition) is 7. The number of amides is 2. The molecule has 3 atom stereocenters. The van der Waals surface area contributed by atoms with E-state index in [1.54, 1.807) is 27.5 Å². The van der Waals surface area contributed by atoms with Crippen LogP contribution in [0.4, 0.5) is 19.3 Å². The number of benzene rings is 2. The maximum Gasteiger partial charge on any atom is 0.319 e. The van der Waals surface area contributed by atoms with E-state index in [2.05, 4.69) is 38.0 Å².